The van der Waals surface area contributed by atoms with E-state index in [1.54, 1.807) is 69.3 Å². The van der Waals surface area contributed by atoms with E-state index in [1.807, 2.05) is 6.07 Å². The van der Waals surface area contributed by atoms with Crippen molar-refractivity contribution in [2.75, 3.05) is 11.9 Å². The number of nitrogens with zero attached hydrogens (tertiary/aromatic N) is 2. The van der Waals surface area contributed by atoms with Gasteiger partial charge in [-0.1, -0.05) is 32.4 Å². The molecule has 2 aromatic rings. The topological polar surface area (TPSA) is 158 Å². The maximum atomic E-state index is 12.9. The van der Waals surface area contributed by atoms with Crippen LogP contribution >= 0.6 is 0 Å². The minimum absolute atomic E-state index is 0.0911. The van der Waals surface area contributed by atoms with Crippen molar-refractivity contribution in [3.8, 4) is 11.8 Å². The lowest BCUT2D eigenvalue weighted by Crippen LogP contribution is -2.53. The first kappa shape index (κ1) is 32.5. The highest BCUT2D eigenvalue weighted by Crippen LogP contribution is 2.20. The molecule has 1 heterocycles. The largest absolute Gasteiger partial charge is 0.451 e. The molecule has 0 saturated carbocycles. The Morgan fingerprint density at radius 3 is 2.23 bits per heavy atom. The van der Waals surface area contributed by atoms with Crippen LogP contribution in [0.2, 0.25) is 0 Å². The van der Waals surface area contributed by atoms with Crippen molar-refractivity contribution in [2.24, 2.45) is 5.92 Å². The number of carbonyl (C=O) groups excluding carboxylic acids is 5. The van der Waals surface area contributed by atoms with E-state index in [2.05, 4.69) is 22.9 Å². The summed E-state index contributed by atoms with van der Waals surface area (Å²) in [4.78, 5) is 64.0. The first-order valence-electron chi connectivity index (χ1n) is 14.1. The van der Waals surface area contributed by atoms with Crippen LogP contribution in [0.15, 0.2) is 60.4 Å². The number of nitriles is 1. The third-order valence-electron chi connectivity index (χ3n) is 6.71. The summed E-state index contributed by atoms with van der Waals surface area (Å²) in [5, 5.41) is 17.0. The average molecular weight is 587 g/mol. The molecule has 3 N–H and O–H groups in total. The van der Waals surface area contributed by atoms with Crippen molar-refractivity contribution in [3.05, 3.63) is 78.4 Å². The Balaban J connectivity index is 1.38. The van der Waals surface area contributed by atoms with Gasteiger partial charge in [-0.05, 0) is 74.6 Å². The molecular weight excluding hydrogens is 550 g/mol. The fourth-order valence-corrected chi connectivity index (χ4v) is 4.21. The molecule has 0 fully saturated rings. The van der Waals surface area contributed by atoms with Gasteiger partial charge in [0.25, 0.3) is 11.8 Å². The zero-order valence-electron chi connectivity index (χ0n) is 24.5. The predicted molar refractivity (Wildman–Crippen MR) is 159 cm³/mol. The fourth-order valence-electron chi connectivity index (χ4n) is 4.21. The minimum atomic E-state index is -0.828. The third kappa shape index (κ3) is 9.53. The normalized spacial score (nSPS) is 14.0. The van der Waals surface area contributed by atoms with Gasteiger partial charge in [-0.25, -0.2) is 0 Å². The molecule has 225 valence electrons. The van der Waals surface area contributed by atoms with Crippen LogP contribution in [0, 0.1) is 24.2 Å². The molecule has 11 heteroatoms. The number of carbonyl (C=O) groups is 5. The van der Waals surface area contributed by atoms with Gasteiger partial charge in [0.15, 0.2) is 5.76 Å². The smallest absolute Gasteiger partial charge is 0.296 e. The molecule has 0 spiro atoms. The van der Waals surface area contributed by atoms with Gasteiger partial charge in [0, 0.05) is 18.7 Å². The van der Waals surface area contributed by atoms with Gasteiger partial charge < -0.3 is 20.7 Å². The zero-order valence-corrected chi connectivity index (χ0v) is 24.5. The van der Waals surface area contributed by atoms with E-state index in [4.69, 9.17) is 10.00 Å². The first-order chi connectivity index (χ1) is 20.5. The Kier molecular flexibility index (Phi) is 11.6. The molecule has 5 amide bonds. The van der Waals surface area contributed by atoms with Gasteiger partial charge in [0.1, 0.15) is 17.8 Å². The zero-order chi connectivity index (χ0) is 31.5. The lowest BCUT2D eigenvalue weighted by atomic mass is 10.0. The van der Waals surface area contributed by atoms with E-state index in [9.17, 15) is 24.0 Å². The first-order valence-corrected chi connectivity index (χ1v) is 14.1. The predicted octanol–water partition coefficient (Wildman–Crippen LogP) is 3.22. The van der Waals surface area contributed by atoms with Gasteiger partial charge in [0.2, 0.25) is 17.7 Å². The molecule has 2 atom stereocenters. The molecule has 3 rings (SSSR count). The molecule has 1 aliphatic rings. The van der Waals surface area contributed by atoms with Gasteiger partial charge in [-0.3, -0.25) is 28.9 Å². The quantitative estimate of drug-likeness (QED) is 0.227. The van der Waals surface area contributed by atoms with Crippen LogP contribution < -0.4 is 20.7 Å². The number of benzene rings is 2. The Morgan fingerprint density at radius 2 is 1.60 bits per heavy atom. The van der Waals surface area contributed by atoms with E-state index in [0.29, 0.717) is 36.3 Å². The van der Waals surface area contributed by atoms with Crippen molar-refractivity contribution in [1.82, 2.24) is 15.5 Å². The molecular formula is C32H36N5O6. The minimum Gasteiger partial charge on any atom is -0.451 e. The molecule has 1 aliphatic heterocycles. The van der Waals surface area contributed by atoms with Crippen LogP contribution in [-0.4, -0.2) is 53.1 Å². The van der Waals surface area contributed by atoms with Crippen LogP contribution in [0.4, 0.5) is 5.69 Å². The Morgan fingerprint density at radius 1 is 0.930 bits per heavy atom. The molecule has 1 radical (unpaired) electrons. The maximum Gasteiger partial charge on any atom is 0.296 e. The number of hydrogen-bond acceptors (Lipinski definition) is 7. The number of ether oxygens (including phenoxy) is 1. The lowest BCUT2D eigenvalue weighted by Gasteiger charge is -2.24. The van der Waals surface area contributed by atoms with E-state index < -0.39 is 35.7 Å². The number of hydrogen-bond donors (Lipinski definition) is 3. The Bertz CT molecular complexity index is 1410. The van der Waals surface area contributed by atoms with Crippen molar-refractivity contribution < 1.29 is 28.7 Å². The number of amides is 5. The van der Waals surface area contributed by atoms with E-state index >= 15 is 0 Å². The standard InChI is InChI=1S/C32H36N5O6/c1-20(2)29(31(41)34-22(4)30(40)35-24-13-9-21(3)10-14-24)36-27(38)8-6-5-7-17-37-28(39)18-26(32(37)42)43-25-15-11-23(19-33)12-16-25/h9-16,18,20,22,29H,3,5-8,17H2,1-2,4H3,(H,34,41)(H,35,40)(H,36,38)/t22-,29-/m0/s1. The molecule has 0 bridgehead atoms. The monoisotopic (exact) mass is 586 g/mol. The third-order valence-corrected chi connectivity index (χ3v) is 6.71. The summed E-state index contributed by atoms with van der Waals surface area (Å²) in [5.41, 5.74) is 1.84. The highest BCUT2D eigenvalue weighted by atomic mass is 16.5. The van der Waals surface area contributed by atoms with Crippen molar-refractivity contribution in [3.63, 3.8) is 0 Å². The van der Waals surface area contributed by atoms with Crippen LogP contribution in [0.3, 0.4) is 0 Å². The Labute approximate surface area is 251 Å². The summed E-state index contributed by atoms with van der Waals surface area (Å²) in [6, 6.07) is 13.5. The van der Waals surface area contributed by atoms with Gasteiger partial charge in [-0.15, -0.1) is 0 Å². The molecule has 0 aliphatic carbocycles. The fraction of sp³-hybridized carbons (Fsp3) is 0.344. The van der Waals surface area contributed by atoms with E-state index in [1.165, 1.54) is 0 Å². The maximum absolute atomic E-state index is 12.9. The number of anilines is 1. The van der Waals surface area contributed by atoms with Crippen molar-refractivity contribution in [2.45, 2.75) is 58.5 Å². The van der Waals surface area contributed by atoms with Gasteiger partial charge in [0.05, 0.1) is 17.7 Å². The summed E-state index contributed by atoms with van der Waals surface area (Å²) in [6.45, 7) is 9.13. The number of unbranched alkanes of at least 4 members (excludes halogenated alkanes) is 2. The molecule has 11 nitrogen and oxygen atoms in total. The second kappa shape index (κ2) is 15.3. The highest BCUT2D eigenvalue weighted by molar-refractivity contribution is 6.15. The number of rotatable bonds is 14. The summed E-state index contributed by atoms with van der Waals surface area (Å²) in [5.74, 6) is -2.16. The van der Waals surface area contributed by atoms with E-state index in [0.717, 1.165) is 16.5 Å². The molecule has 0 unspecified atom stereocenters. The number of imide groups is 1. The van der Waals surface area contributed by atoms with Crippen LogP contribution in [0.5, 0.6) is 5.75 Å². The average Bonchev–Trinajstić information content (AvgIpc) is 3.24. The molecule has 0 saturated heterocycles. The second-order valence-corrected chi connectivity index (χ2v) is 10.6. The molecule has 0 aromatic heterocycles. The molecule has 43 heavy (non-hydrogen) atoms. The van der Waals surface area contributed by atoms with E-state index in [-0.39, 0.29) is 30.5 Å². The second-order valence-electron chi connectivity index (χ2n) is 10.6. The van der Waals surface area contributed by atoms with Crippen LogP contribution in [0.1, 0.15) is 57.6 Å². The lowest BCUT2D eigenvalue weighted by molar-refractivity contribution is -0.138. The summed E-state index contributed by atoms with van der Waals surface area (Å²) in [6.07, 6.45) is 2.83. The number of nitrogens with one attached hydrogen (secondary N) is 3. The Hall–Kier alpha value is -4.98. The van der Waals surface area contributed by atoms with Gasteiger partial charge >= 0.3 is 0 Å². The summed E-state index contributed by atoms with van der Waals surface area (Å²) < 4.78 is 5.52. The van der Waals surface area contributed by atoms with Crippen LogP contribution in [-0.2, 0) is 24.0 Å². The highest BCUT2D eigenvalue weighted by Gasteiger charge is 2.32. The molecule has 2 aromatic carbocycles. The summed E-state index contributed by atoms with van der Waals surface area (Å²) >= 11 is 0. The SMILES string of the molecule is [CH2]c1ccc(NC(=O)[C@H](C)NC(=O)[C@@H](NC(=O)CCCCCN2C(=O)C=C(Oc3ccc(C#N)cc3)C2=O)C(C)C)cc1. The van der Waals surface area contributed by atoms with Crippen molar-refractivity contribution in [1.29, 1.82) is 5.26 Å². The van der Waals surface area contributed by atoms with Crippen molar-refractivity contribution >= 4 is 35.2 Å². The summed E-state index contributed by atoms with van der Waals surface area (Å²) in [7, 11) is 0. The van der Waals surface area contributed by atoms with Gasteiger partial charge in [-0.2, -0.15) is 5.26 Å². The van der Waals surface area contributed by atoms with Crippen LogP contribution in [0.25, 0.3) is 0 Å².